The van der Waals surface area contributed by atoms with E-state index >= 15 is 0 Å². The van der Waals surface area contributed by atoms with Crippen LogP contribution in [-0.4, -0.2) is 53.0 Å². The summed E-state index contributed by atoms with van der Waals surface area (Å²) in [5.74, 6) is 1.11. The van der Waals surface area contributed by atoms with Gasteiger partial charge in [0.15, 0.2) is 22.8 Å². The van der Waals surface area contributed by atoms with Crippen LogP contribution in [0.25, 0.3) is 39.2 Å². The quantitative estimate of drug-likeness (QED) is 0.456. The van der Waals surface area contributed by atoms with Crippen LogP contribution in [0.1, 0.15) is 25.8 Å². The van der Waals surface area contributed by atoms with Gasteiger partial charge in [0.05, 0.1) is 24.6 Å². The molecule has 0 atom stereocenters. The number of carbonyl (C=O) groups excluding carboxylic acids is 1. The van der Waals surface area contributed by atoms with Crippen LogP contribution < -0.4 is 5.73 Å². The van der Waals surface area contributed by atoms with Crippen molar-refractivity contribution in [1.82, 2.24) is 34.0 Å². The summed E-state index contributed by atoms with van der Waals surface area (Å²) < 4.78 is 10.0. The molecular weight excluding hydrogens is 420 g/mol. The van der Waals surface area contributed by atoms with Crippen LogP contribution in [-0.2, 0) is 4.79 Å². The fourth-order valence-corrected chi connectivity index (χ4v) is 4.55. The van der Waals surface area contributed by atoms with Crippen LogP contribution in [0.5, 0.6) is 0 Å². The minimum Gasteiger partial charge on any atom is -0.451 e. The number of imidazole rings is 1. The van der Waals surface area contributed by atoms with E-state index in [0.29, 0.717) is 17.2 Å². The zero-order valence-corrected chi connectivity index (χ0v) is 18.0. The number of piperidine rings is 1. The molecule has 5 aromatic rings. The molecule has 0 aromatic carbocycles. The zero-order chi connectivity index (χ0) is 22.5. The number of pyridine rings is 1. The van der Waals surface area contributed by atoms with E-state index in [1.54, 1.807) is 31.7 Å². The largest absolute Gasteiger partial charge is 0.451 e. The monoisotopic (exact) mass is 442 g/mol. The van der Waals surface area contributed by atoms with Crippen molar-refractivity contribution < 1.29 is 9.21 Å². The average molecular weight is 442 g/mol. The number of carbonyl (C=O) groups is 1. The highest BCUT2D eigenvalue weighted by molar-refractivity contribution is 6.00. The molecule has 0 saturated carbocycles. The van der Waals surface area contributed by atoms with Gasteiger partial charge in [-0.3, -0.25) is 18.9 Å². The van der Waals surface area contributed by atoms with Gasteiger partial charge in [-0.2, -0.15) is 5.10 Å². The van der Waals surface area contributed by atoms with Gasteiger partial charge in [0, 0.05) is 61.3 Å². The van der Waals surface area contributed by atoms with Gasteiger partial charge >= 0.3 is 0 Å². The van der Waals surface area contributed by atoms with Gasteiger partial charge < -0.3 is 15.1 Å². The highest BCUT2D eigenvalue weighted by Crippen LogP contribution is 2.37. The van der Waals surface area contributed by atoms with Gasteiger partial charge in [0.25, 0.3) is 0 Å². The van der Waals surface area contributed by atoms with E-state index in [-0.39, 0.29) is 11.9 Å². The predicted molar refractivity (Wildman–Crippen MR) is 122 cm³/mol. The van der Waals surface area contributed by atoms with Gasteiger partial charge in [-0.05, 0) is 18.9 Å². The lowest BCUT2D eigenvalue weighted by atomic mass is 10.0. The smallest absolute Gasteiger partial charge is 0.219 e. The molecule has 10 heteroatoms. The Balaban J connectivity index is 1.37. The third kappa shape index (κ3) is 3.22. The van der Waals surface area contributed by atoms with Crippen LogP contribution >= 0.6 is 0 Å². The Bertz CT molecular complexity index is 1490. The minimum absolute atomic E-state index is 0.128. The first-order chi connectivity index (χ1) is 16.1. The van der Waals surface area contributed by atoms with E-state index in [2.05, 4.69) is 20.1 Å². The molecule has 10 nitrogen and oxygen atoms in total. The van der Waals surface area contributed by atoms with Gasteiger partial charge in [-0.25, -0.2) is 9.97 Å². The molecule has 0 aliphatic carbocycles. The number of nitrogen functional groups attached to an aromatic ring is 1. The number of likely N-dealkylation sites (tertiary alicyclic amines) is 1. The number of furan rings is 1. The standard InChI is InChI=1S/C23H22N8O2/c1-14(32)29-5-2-16(3-6-29)31-13-15(9-28-31)18-10-27-23(24)22-17(18)8-20(33-22)19-11-26-21-12-25-4-7-30(19)21/h4,7-13,16H,2-3,5-6H2,1H3,(H2,24,27). The number of nitrogens with two attached hydrogens (primary N) is 1. The van der Waals surface area contributed by atoms with E-state index in [1.165, 1.54) is 0 Å². The maximum absolute atomic E-state index is 11.6. The number of aromatic nitrogens is 6. The molecule has 1 aliphatic heterocycles. The van der Waals surface area contributed by atoms with E-state index in [4.69, 9.17) is 10.2 Å². The number of amides is 1. The number of hydrogen-bond donors (Lipinski definition) is 1. The van der Waals surface area contributed by atoms with Crippen molar-refractivity contribution in [3.05, 3.63) is 49.4 Å². The second kappa shape index (κ2) is 7.44. The van der Waals surface area contributed by atoms with Crippen molar-refractivity contribution in [3.63, 3.8) is 0 Å². The fourth-order valence-electron chi connectivity index (χ4n) is 4.55. The van der Waals surface area contributed by atoms with Crippen LogP contribution in [0.3, 0.4) is 0 Å². The molecule has 0 bridgehead atoms. The Hall–Kier alpha value is -4.21. The van der Waals surface area contributed by atoms with E-state index < -0.39 is 0 Å². The van der Waals surface area contributed by atoms with Crippen molar-refractivity contribution in [2.24, 2.45) is 0 Å². The SMILES string of the molecule is CC(=O)N1CCC(n2cc(-c3cnc(N)c4oc(-c5cnc6cnccn56)cc34)cn2)CC1. The first-order valence-corrected chi connectivity index (χ1v) is 10.8. The molecule has 0 radical (unpaired) electrons. The normalized spacial score (nSPS) is 15.0. The summed E-state index contributed by atoms with van der Waals surface area (Å²) in [5.41, 5.74) is 10.1. The molecule has 6 rings (SSSR count). The lowest BCUT2D eigenvalue weighted by Gasteiger charge is -2.31. The Kier molecular flexibility index (Phi) is 4.39. The third-order valence-electron chi connectivity index (χ3n) is 6.35. The summed E-state index contributed by atoms with van der Waals surface area (Å²) in [6, 6.07) is 2.23. The Labute approximate surface area is 188 Å². The van der Waals surface area contributed by atoms with Crippen molar-refractivity contribution in [2.75, 3.05) is 18.8 Å². The average Bonchev–Trinajstić information content (AvgIpc) is 3.57. The summed E-state index contributed by atoms with van der Waals surface area (Å²) in [4.78, 5) is 26.4. The first-order valence-electron chi connectivity index (χ1n) is 10.8. The molecular formula is C23H22N8O2. The second-order valence-corrected chi connectivity index (χ2v) is 8.30. The molecule has 1 aliphatic rings. The van der Waals surface area contributed by atoms with Crippen LogP contribution in [0.15, 0.2) is 53.9 Å². The van der Waals surface area contributed by atoms with Gasteiger partial charge in [0.1, 0.15) is 5.69 Å². The lowest BCUT2D eigenvalue weighted by molar-refractivity contribution is -0.130. The molecule has 1 saturated heterocycles. The second-order valence-electron chi connectivity index (χ2n) is 8.30. The van der Waals surface area contributed by atoms with Crippen molar-refractivity contribution in [2.45, 2.75) is 25.8 Å². The van der Waals surface area contributed by atoms with E-state index in [0.717, 1.165) is 53.8 Å². The Morgan fingerprint density at radius 2 is 2.00 bits per heavy atom. The number of nitrogens with zero attached hydrogens (tertiary/aromatic N) is 7. The molecule has 33 heavy (non-hydrogen) atoms. The number of fused-ring (bicyclic) bond motifs is 2. The van der Waals surface area contributed by atoms with Crippen molar-refractivity contribution in [3.8, 4) is 22.6 Å². The molecule has 166 valence electrons. The number of hydrogen-bond acceptors (Lipinski definition) is 7. The number of anilines is 1. The Morgan fingerprint density at radius 3 is 2.82 bits per heavy atom. The first kappa shape index (κ1) is 19.5. The molecule has 0 spiro atoms. The van der Waals surface area contributed by atoms with E-state index in [1.807, 2.05) is 38.6 Å². The maximum atomic E-state index is 11.6. The van der Waals surface area contributed by atoms with Gasteiger partial charge in [-0.15, -0.1) is 0 Å². The zero-order valence-electron chi connectivity index (χ0n) is 18.0. The van der Waals surface area contributed by atoms with Gasteiger partial charge in [0.2, 0.25) is 5.91 Å². The molecule has 0 unspecified atom stereocenters. The molecule has 5 aromatic heterocycles. The lowest BCUT2D eigenvalue weighted by Crippen LogP contribution is -2.37. The summed E-state index contributed by atoms with van der Waals surface area (Å²) in [5, 5.41) is 5.48. The highest BCUT2D eigenvalue weighted by atomic mass is 16.3. The predicted octanol–water partition coefficient (Wildman–Crippen LogP) is 3.17. The van der Waals surface area contributed by atoms with Gasteiger partial charge in [-0.1, -0.05) is 0 Å². The molecule has 2 N–H and O–H groups in total. The summed E-state index contributed by atoms with van der Waals surface area (Å²) in [7, 11) is 0. The van der Waals surface area contributed by atoms with Crippen LogP contribution in [0.4, 0.5) is 5.82 Å². The van der Waals surface area contributed by atoms with Crippen LogP contribution in [0, 0.1) is 0 Å². The number of rotatable bonds is 3. The van der Waals surface area contributed by atoms with Crippen molar-refractivity contribution in [1.29, 1.82) is 0 Å². The van der Waals surface area contributed by atoms with E-state index in [9.17, 15) is 4.79 Å². The highest BCUT2D eigenvalue weighted by Gasteiger charge is 2.23. The van der Waals surface area contributed by atoms with Crippen molar-refractivity contribution >= 4 is 28.3 Å². The fraction of sp³-hybridized carbons (Fsp3) is 0.261. The maximum Gasteiger partial charge on any atom is 0.219 e. The molecule has 6 heterocycles. The van der Waals surface area contributed by atoms with Crippen LogP contribution in [0.2, 0.25) is 0 Å². The topological polar surface area (TPSA) is 120 Å². The Morgan fingerprint density at radius 1 is 1.15 bits per heavy atom. The molecule has 1 amide bonds. The molecule has 1 fully saturated rings. The summed E-state index contributed by atoms with van der Waals surface area (Å²) >= 11 is 0. The summed E-state index contributed by atoms with van der Waals surface area (Å²) in [6.45, 7) is 3.13. The summed E-state index contributed by atoms with van der Waals surface area (Å²) in [6.07, 6.45) is 14.4. The third-order valence-corrected chi connectivity index (χ3v) is 6.35. The minimum atomic E-state index is 0.128.